The average molecular weight is 492 g/mol. The van der Waals surface area contributed by atoms with Crippen molar-refractivity contribution in [2.75, 3.05) is 6.54 Å². The van der Waals surface area contributed by atoms with Gasteiger partial charge in [-0.1, -0.05) is 42.8 Å². The first kappa shape index (κ1) is 23.1. The smallest absolute Gasteiger partial charge is 0.357 e. The molecular formula is C28H29NO7. The van der Waals surface area contributed by atoms with Gasteiger partial charge in [0.2, 0.25) is 6.10 Å². The Labute approximate surface area is 208 Å². The van der Waals surface area contributed by atoms with Crippen LogP contribution in [0.25, 0.3) is 0 Å². The summed E-state index contributed by atoms with van der Waals surface area (Å²) in [7, 11) is 0. The standard InChI is InChI=1S/C28H29NO7/c29-14-11-21(31)35-23(16-5-2-1-3-6-16)26(32)34-20-10-13-28(33)18-7-4-12-27(28)22-17(15-18)8-9-19(30)24(22)36-25(20)27/h1-3,5-6,8-10,18,23,25,30,33H,4,7,11-15,29H2/t18-,23+,25+,27?,28-/m1/s1. The van der Waals surface area contributed by atoms with E-state index >= 15 is 0 Å². The summed E-state index contributed by atoms with van der Waals surface area (Å²) in [5, 5.41) is 22.7. The summed E-state index contributed by atoms with van der Waals surface area (Å²) in [6.07, 6.45) is 3.10. The molecule has 36 heavy (non-hydrogen) atoms. The van der Waals surface area contributed by atoms with Gasteiger partial charge in [-0.15, -0.1) is 0 Å². The van der Waals surface area contributed by atoms with Gasteiger partial charge >= 0.3 is 11.9 Å². The number of aliphatic hydroxyl groups is 1. The first-order valence-corrected chi connectivity index (χ1v) is 12.5. The summed E-state index contributed by atoms with van der Waals surface area (Å²) in [6.45, 7) is 0.100. The van der Waals surface area contributed by atoms with Crippen molar-refractivity contribution in [1.29, 1.82) is 0 Å². The minimum atomic E-state index is -1.28. The number of nitrogens with two attached hydrogens (primary N) is 1. The van der Waals surface area contributed by atoms with E-state index in [1.54, 1.807) is 42.5 Å². The van der Waals surface area contributed by atoms with Crippen LogP contribution in [-0.4, -0.2) is 40.4 Å². The van der Waals surface area contributed by atoms with E-state index in [-0.39, 0.29) is 30.4 Å². The van der Waals surface area contributed by atoms with E-state index in [1.807, 2.05) is 6.07 Å². The van der Waals surface area contributed by atoms with Crippen LogP contribution in [-0.2, 0) is 30.9 Å². The number of aromatic hydroxyl groups is 1. The lowest BCUT2D eigenvalue weighted by atomic mass is 9.47. The molecule has 6 rings (SSSR count). The molecule has 1 aliphatic heterocycles. The molecule has 1 spiro atoms. The van der Waals surface area contributed by atoms with Crippen LogP contribution in [0.1, 0.15) is 54.9 Å². The van der Waals surface area contributed by atoms with E-state index in [9.17, 15) is 19.8 Å². The van der Waals surface area contributed by atoms with Gasteiger partial charge in [0.25, 0.3) is 0 Å². The van der Waals surface area contributed by atoms with Crippen LogP contribution in [0.15, 0.2) is 54.3 Å². The minimum absolute atomic E-state index is 0.00690. The SMILES string of the molecule is NCCC(=O)O[C@H](C(=O)OC1=CC[C@@]2(O)[C@@H]3CCCC24c2c(ccc(O)c2O[C@@H]14)C3)c1ccccc1. The van der Waals surface area contributed by atoms with Crippen molar-refractivity contribution in [3.05, 3.63) is 71.0 Å². The van der Waals surface area contributed by atoms with Gasteiger partial charge in [0, 0.05) is 17.7 Å². The number of carbonyl (C=O) groups excluding carboxylic acids is 2. The molecule has 8 nitrogen and oxygen atoms in total. The van der Waals surface area contributed by atoms with Crippen molar-refractivity contribution in [2.45, 2.75) is 61.7 Å². The molecule has 2 aromatic carbocycles. The number of benzene rings is 2. The van der Waals surface area contributed by atoms with Crippen LogP contribution in [0.5, 0.6) is 11.5 Å². The van der Waals surface area contributed by atoms with Crippen molar-refractivity contribution in [3.8, 4) is 11.5 Å². The number of esters is 2. The van der Waals surface area contributed by atoms with Crippen molar-refractivity contribution in [1.82, 2.24) is 0 Å². The molecule has 0 radical (unpaired) electrons. The highest BCUT2D eigenvalue weighted by atomic mass is 16.6. The van der Waals surface area contributed by atoms with Gasteiger partial charge < -0.3 is 30.2 Å². The van der Waals surface area contributed by atoms with Crippen molar-refractivity contribution in [3.63, 3.8) is 0 Å². The molecule has 4 aliphatic rings. The Kier molecular flexibility index (Phi) is 5.35. The number of hydrogen-bond acceptors (Lipinski definition) is 8. The molecule has 0 amide bonds. The Bertz CT molecular complexity index is 1260. The van der Waals surface area contributed by atoms with E-state index in [0.717, 1.165) is 24.0 Å². The molecule has 3 aliphatic carbocycles. The van der Waals surface area contributed by atoms with Crippen molar-refractivity contribution >= 4 is 11.9 Å². The molecule has 0 aromatic heterocycles. The van der Waals surface area contributed by atoms with Gasteiger partial charge in [-0.05, 0) is 49.3 Å². The molecule has 5 atom stereocenters. The number of phenols is 1. The summed E-state index contributed by atoms with van der Waals surface area (Å²) < 4.78 is 17.7. The number of hydrogen-bond donors (Lipinski definition) is 3. The van der Waals surface area contributed by atoms with E-state index in [0.29, 0.717) is 30.6 Å². The largest absolute Gasteiger partial charge is 0.504 e. The highest BCUT2D eigenvalue weighted by molar-refractivity contribution is 5.82. The second-order valence-corrected chi connectivity index (χ2v) is 10.2. The lowest BCUT2D eigenvalue weighted by molar-refractivity contribution is -0.172. The van der Waals surface area contributed by atoms with Crippen molar-refractivity contribution < 1.29 is 34.0 Å². The van der Waals surface area contributed by atoms with Crippen LogP contribution in [0, 0.1) is 5.92 Å². The summed E-state index contributed by atoms with van der Waals surface area (Å²) in [6, 6.07) is 12.2. The molecule has 188 valence electrons. The normalized spacial score (nSPS) is 29.9. The lowest BCUT2D eigenvalue weighted by Crippen LogP contribution is -2.67. The van der Waals surface area contributed by atoms with Crippen molar-refractivity contribution in [2.24, 2.45) is 11.7 Å². The Morgan fingerprint density at radius 2 is 2.00 bits per heavy atom. The fraction of sp³-hybridized carbons (Fsp3) is 0.429. The summed E-state index contributed by atoms with van der Waals surface area (Å²) in [5.74, 6) is -0.684. The van der Waals surface area contributed by atoms with Crippen LogP contribution in [0.3, 0.4) is 0 Å². The molecule has 8 heteroatoms. The predicted molar refractivity (Wildman–Crippen MR) is 128 cm³/mol. The maximum atomic E-state index is 13.5. The molecule has 2 bridgehead atoms. The molecule has 1 fully saturated rings. The molecular weight excluding hydrogens is 462 g/mol. The molecule has 0 saturated heterocycles. The Morgan fingerprint density at radius 3 is 2.78 bits per heavy atom. The van der Waals surface area contributed by atoms with E-state index in [2.05, 4.69) is 0 Å². The van der Waals surface area contributed by atoms with Gasteiger partial charge in [-0.3, -0.25) is 4.79 Å². The lowest BCUT2D eigenvalue weighted by Gasteiger charge is -2.59. The third kappa shape index (κ3) is 3.14. The van der Waals surface area contributed by atoms with Gasteiger partial charge in [-0.25, -0.2) is 4.79 Å². The van der Waals surface area contributed by atoms with Crippen LogP contribution in [0.2, 0.25) is 0 Å². The Morgan fingerprint density at radius 1 is 1.19 bits per heavy atom. The second kappa shape index (κ2) is 8.35. The number of ether oxygens (including phenoxy) is 3. The molecule has 1 saturated carbocycles. The zero-order valence-corrected chi connectivity index (χ0v) is 19.8. The van der Waals surface area contributed by atoms with E-state index in [4.69, 9.17) is 19.9 Å². The van der Waals surface area contributed by atoms with E-state index in [1.165, 1.54) is 0 Å². The second-order valence-electron chi connectivity index (χ2n) is 10.2. The fourth-order valence-electron chi connectivity index (χ4n) is 6.89. The highest BCUT2D eigenvalue weighted by Gasteiger charge is 2.70. The maximum absolute atomic E-state index is 13.5. The van der Waals surface area contributed by atoms with Crippen LogP contribution >= 0.6 is 0 Å². The summed E-state index contributed by atoms with van der Waals surface area (Å²) in [5.41, 5.74) is 5.97. The van der Waals surface area contributed by atoms with Gasteiger partial charge in [-0.2, -0.15) is 0 Å². The van der Waals surface area contributed by atoms with E-state index < -0.39 is 35.2 Å². The zero-order valence-electron chi connectivity index (χ0n) is 19.8. The topological polar surface area (TPSA) is 128 Å². The summed E-state index contributed by atoms with van der Waals surface area (Å²) >= 11 is 0. The molecule has 2 aromatic rings. The van der Waals surface area contributed by atoms with Crippen LogP contribution < -0.4 is 10.5 Å². The third-order valence-corrected chi connectivity index (χ3v) is 8.40. The average Bonchev–Trinajstić information content (AvgIpc) is 3.22. The molecule has 1 unspecified atom stereocenters. The van der Waals surface area contributed by atoms with Gasteiger partial charge in [0.15, 0.2) is 17.6 Å². The third-order valence-electron chi connectivity index (χ3n) is 8.40. The maximum Gasteiger partial charge on any atom is 0.357 e. The first-order chi connectivity index (χ1) is 17.4. The van der Waals surface area contributed by atoms with Crippen LogP contribution in [0.4, 0.5) is 0 Å². The first-order valence-electron chi connectivity index (χ1n) is 12.5. The molecule has 1 heterocycles. The zero-order chi connectivity index (χ0) is 25.1. The quantitative estimate of drug-likeness (QED) is 0.526. The minimum Gasteiger partial charge on any atom is -0.504 e. The Hall–Kier alpha value is -3.36. The summed E-state index contributed by atoms with van der Waals surface area (Å²) in [4.78, 5) is 25.7. The highest BCUT2D eigenvalue weighted by Crippen LogP contribution is 2.67. The number of carbonyl (C=O) groups is 2. The monoisotopic (exact) mass is 491 g/mol. The number of phenolic OH excluding ortho intramolecular Hbond substituents is 1. The Balaban J connectivity index is 1.37. The van der Waals surface area contributed by atoms with Gasteiger partial charge in [0.1, 0.15) is 5.76 Å². The van der Waals surface area contributed by atoms with Gasteiger partial charge in [0.05, 0.1) is 17.4 Å². The molecule has 4 N–H and O–H groups in total. The fourth-order valence-corrected chi connectivity index (χ4v) is 6.89. The number of rotatable bonds is 6. The predicted octanol–water partition coefficient (Wildman–Crippen LogP) is 2.94.